The monoisotopic (exact) mass is 339 g/mol. The van der Waals surface area contributed by atoms with Crippen molar-refractivity contribution in [3.05, 3.63) is 48.8 Å². The van der Waals surface area contributed by atoms with Gasteiger partial charge < -0.3 is 19.5 Å². The van der Waals surface area contributed by atoms with Gasteiger partial charge in [-0.25, -0.2) is 4.98 Å². The molecule has 3 aromatic rings. The lowest BCUT2D eigenvalue weighted by atomic mass is 10.2. The molecule has 0 radical (unpaired) electrons. The van der Waals surface area contributed by atoms with Crippen molar-refractivity contribution < 1.29 is 14.6 Å². The van der Waals surface area contributed by atoms with Gasteiger partial charge in [-0.3, -0.25) is 4.57 Å². The molecular weight excluding hydrogens is 318 g/mol. The van der Waals surface area contributed by atoms with Crippen LogP contribution in [-0.4, -0.2) is 54.2 Å². The normalized spacial score (nSPS) is 14.8. The van der Waals surface area contributed by atoms with E-state index in [9.17, 15) is 0 Å². The first kappa shape index (κ1) is 15.9. The number of ether oxygens (including phenoxy) is 2. The van der Waals surface area contributed by atoms with Crippen LogP contribution in [-0.2, 0) is 4.74 Å². The highest BCUT2D eigenvalue weighted by molar-refractivity contribution is 5.81. The molecule has 1 N–H and O–H groups in total. The molecule has 2 heterocycles. The van der Waals surface area contributed by atoms with Crippen LogP contribution in [0, 0.1) is 0 Å². The maximum absolute atomic E-state index is 8.82. The first-order valence-corrected chi connectivity index (χ1v) is 8.49. The van der Waals surface area contributed by atoms with Crippen molar-refractivity contribution in [2.24, 2.45) is 0 Å². The third-order valence-electron chi connectivity index (χ3n) is 4.38. The van der Waals surface area contributed by atoms with Crippen molar-refractivity contribution in [1.82, 2.24) is 9.55 Å². The van der Waals surface area contributed by atoms with Crippen LogP contribution >= 0.6 is 0 Å². The van der Waals surface area contributed by atoms with E-state index in [2.05, 4.69) is 32.7 Å². The molecular formula is C19H21N3O3. The molecule has 0 amide bonds. The summed E-state index contributed by atoms with van der Waals surface area (Å²) in [5.41, 5.74) is 4.26. The second-order valence-electron chi connectivity index (χ2n) is 5.95. The van der Waals surface area contributed by atoms with E-state index < -0.39 is 0 Å². The number of morpholine rings is 1. The summed E-state index contributed by atoms with van der Waals surface area (Å²) in [5, 5.41) is 8.82. The van der Waals surface area contributed by atoms with Crippen molar-refractivity contribution >= 4 is 16.7 Å². The molecule has 1 aliphatic rings. The largest absolute Gasteiger partial charge is 0.491 e. The fraction of sp³-hybridized carbons (Fsp3) is 0.316. The van der Waals surface area contributed by atoms with Crippen LogP contribution in [0.25, 0.3) is 16.7 Å². The van der Waals surface area contributed by atoms with Gasteiger partial charge in [0, 0.05) is 24.5 Å². The van der Waals surface area contributed by atoms with E-state index in [1.165, 1.54) is 5.69 Å². The first-order valence-electron chi connectivity index (χ1n) is 8.49. The molecule has 4 rings (SSSR count). The van der Waals surface area contributed by atoms with Crippen LogP contribution in [0.4, 0.5) is 5.69 Å². The number of hydrogen-bond donors (Lipinski definition) is 1. The number of fused-ring (bicyclic) bond motifs is 1. The van der Waals surface area contributed by atoms with E-state index >= 15 is 0 Å². The Morgan fingerprint density at radius 3 is 2.56 bits per heavy atom. The molecule has 130 valence electrons. The Bertz CT molecular complexity index is 839. The van der Waals surface area contributed by atoms with Crippen molar-refractivity contribution in [2.45, 2.75) is 0 Å². The SMILES string of the molecule is OCCOc1ccc(-n2cnc3cc(N4CCOCC4)ccc32)cc1. The first-order chi connectivity index (χ1) is 12.3. The van der Waals surface area contributed by atoms with Gasteiger partial charge in [-0.2, -0.15) is 0 Å². The van der Waals surface area contributed by atoms with Gasteiger partial charge in [0.15, 0.2) is 0 Å². The van der Waals surface area contributed by atoms with Gasteiger partial charge in [-0.15, -0.1) is 0 Å². The number of aliphatic hydroxyl groups excluding tert-OH is 1. The van der Waals surface area contributed by atoms with Gasteiger partial charge in [0.25, 0.3) is 0 Å². The number of aliphatic hydroxyl groups is 1. The summed E-state index contributed by atoms with van der Waals surface area (Å²) in [5.74, 6) is 0.747. The van der Waals surface area contributed by atoms with Crippen molar-refractivity contribution in [3.8, 4) is 11.4 Å². The fourth-order valence-corrected chi connectivity index (χ4v) is 3.09. The lowest BCUT2D eigenvalue weighted by molar-refractivity contribution is 0.122. The molecule has 0 atom stereocenters. The van der Waals surface area contributed by atoms with Crippen molar-refractivity contribution in [3.63, 3.8) is 0 Å². The number of benzene rings is 2. The zero-order chi connectivity index (χ0) is 17.1. The van der Waals surface area contributed by atoms with E-state index in [1.807, 2.05) is 30.6 Å². The topological polar surface area (TPSA) is 59.8 Å². The predicted molar refractivity (Wildman–Crippen MR) is 96.7 cm³/mol. The summed E-state index contributed by atoms with van der Waals surface area (Å²) in [6, 6.07) is 14.2. The van der Waals surface area contributed by atoms with Gasteiger partial charge in [0.2, 0.25) is 0 Å². The van der Waals surface area contributed by atoms with E-state index in [4.69, 9.17) is 14.6 Å². The lowest BCUT2D eigenvalue weighted by Crippen LogP contribution is -2.36. The van der Waals surface area contributed by atoms with Crippen LogP contribution in [0.3, 0.4) is 0 Å². The maximum Gasteiger partial charge on any atom is 0.119 e. The standard InChI is InChI=1S/C19H21N3O3/c23-9-12-25-17-4-1-15(2-5-17)22-14-20-18-13-16(3-6-19(18)22)21-7-10-24-11-8-21/h1-6,13-14,23H,7-12H2. The number of hydrogen-bond acceptors (Lipinski definition) is 5. The minimum atomic E-state index is 0.0133. The molecule has 2 aromatic carbocycles. The van der Waals surface area contributed by atoms with Crippen LogP contribution in [0.5, 0.6) is 5.75 Å². The van der Waals surface area contributed by atoms with Gasteiger partial charge in [0.1, 0.15) is 18.7 Å². The Morgan fingerprint density at radius 1 is 1.04 bits per heavy atom. The minimum absolute atomic E-state index is 0.0133. The molecule has 6 nitrogen and oxygen atoms in total. The Kier molecular flexibility index (Phi) is 4.54. The minimum Gasteiger partial charge on any atom is -0.491 e. The fourth-order valence-electron chi connectivity index (χ4n) is 3.09. The second kappa shape index (κ2) is 7.13. The van der Waals surface area contributed by atoms with Crippen molar-refractivity contribution in [2.75, 3.05) is 44.4 Å². The number of aromatic nitrogens is 2. The third-order valence-corrected chi connectivity index (χ3v) is 4.38. The van der Waals surface area contributed by atoms with Crippen molar-refractivity contribution in [1.29, 1.82) is 0 Å². The van der Waals surface area contributed by atoms with Crippen LogP contribution in [0.15, 0.2) is 48.8 Å². The average Bonchev–Trinajstić information content (AvgIpc) is 3.10. The van der Waals surface area contributed by atoms with Crippen LogP contribution < -0.4 is 9.64 Å². The molecule has 0 spiro atoms. The second-order valence-corrected chi connectivity index (χ2v) is 5.95. The highest BCUT2D eigenvalue weighted by Gasteiger charge is 2.13. The summed E-state index contributed by atoms with van der Waals surface area (Å²) >= 11 is 0. The molecule has 0 unspecified atom stereocenters. The van der Waals surface area contributed by atoms with Crippen LogP contribution in [0.1, 0.15) is 0 Å². The van der Waals surface area contributed by atoms with Gasteiger partial charge >= 0.3 is 0 Å². The smallest absolute Gasteiger partial charge is 0.119 e. The predicted octanol–water partition coefficient (Wildman–Crippen LogP) is 2.23. The van der Waals surface area contributed by atoms with E-state index in [-0.39, 0.29) is 6.61 Å². The zero-order valence-corrected chi connectivity index (χ0v) is 14.0. The molecule has 1 aromatic heterocycles. The highest BCUT2D eigenvalue weighted by atomic mass is 16.5. The van der Waals surface area contributed by atoms with E-state index in [1.54, 1.807) is 0 Å². The van der Waals surface area contributed by atoms with Gasteiger partial charge in [0.05, 0.1) is 30.9 Å². The number of anilines is 1. The van der Waals surface area contributed by atoms with E-state index in [0.29, 0.717) is 6.61 Å². The average molecular weight is 339 g/mol. The molecule has 1 fully saturated rings. The third kappa shape index (κ3) is 3.31. The Balaban J connectivity index is 1.60. The molecule has 0 saturated carbocycles. The molecule has 0 aliphatic carbocycles. The van der Waals surface area contributed by atoms with Gasteiger partial charge in [-0.1, -0.05) is 0 Å². The summed E-state index contributed by atoms with van der Waals surface area (Å²) < 4.78 is 12.9. The Labute approximate surface area is 146 Å². The maximum atomic E-state index is 8.82. The number of imidazole rings is 1. The summed E-state index contributed by atoms with van der Waals surface area (Å²) in [7, 11) is 0. The van der Waals surface area contributed by atoms with E-state index in [0.717, 1.165) is 48.8 Å². The summed E-state index contributed by atoms with van der Waals surface area (Å²) in [4.78, 5) is 6.89. The number of nitrogens with zero attached hydrogens (tertiary/aromatic N) is 3. The Hall–Kier alpha value is -2.57. The van der Waals surface area contributed by atoms with Gasteiger partial charge in [-0.05, 0) is 42.5 Å². The summed E-state index contributed by atoms with van der Waals surface area (Å²) in [6.45, 7) is 3.70. The number of rotatable bonds is 5. The zero-order valence-electron chi connectivity index (χ0n) is 14.0. The summed E-state index contributed by atoms with van der Waals surface area (Å²) in [6.07, 6.45) is 1.84. The highest BCUT2D eigenvalue weighted by Crippen LogP contribution is 2.25. The molecule has 25 heavy (non-hydrogen) atoms. The molecule has 0 bridgehead atoms. The van der Waals surface area contributed by atoms with Crippen LogP contribution in [0.2, 0.25) is 0 Å². The molecule has 1 saturated heterocycles. The quantitative estimate of drug-likeness (QED) is 0.772. The molecule has 1 aliphatic heterocycles. The molecule has 6 heteroatoms. The Morgan fingerprint density at radius 2 is 1.80 bits per heavy atom. The lowest BCUT2D eigenvalue weighted by Gasteiger charge is -2.28.